The quantitative estimate of drug-likeness (QED) is 0.668. The summed E-state index contributed by atoms with van der Waals surface area (Å²) in [6, 6.07) is 5.77. The van der Waals surface area contributed by atoms with E-state index in [-0.39, 0.29) is 5.41 Å². The minimum atomic E-state index is -4.34. The Morgan fingerprint density at radius 3 is 2.48 bits per heavy atom. The highest BCUT2D eigenvalue weighted by atomic mass is 79.9. The molecule has 0 bridgehead atoms. The molecule has 1 aromatic rings. The zero-order valence-corrected chi connectivity index (χ0v) is 13.6. The van der Waals surface area contributed by atoms with Crippen molar-refractivity contribution in [2.45, 2.75) is 39.3 Å². The number of unbranched alkanes of at least 4 members (excludes halogenated alkanes) is 1. The van der Waals surface area contributed by atoms with Crippen LogP contribution in [0.1, 0.15) is 38.7 Å². The van der Waals surface area contributed by atoms with Crippen molar-refractivity contribution in [3.05, 3.63) is 28.2 Å². The van der Waals surface area contributed by atoms with Crippen LogP contribution in [0.3, 0.4) is 0 Å². The first-order valence-corrected chi connectivity index (χ1v) is 7.47. The van der Waals surface area contributed by atoms with E-state index in [1.54, 1.807) is 0 Å². The van der Waals surface area contributed by atoms with E-state index >= 15 is 0 Å². The van der Waals surface area contributed by atoms with Gasteiger partial charge in [-0.05, 0) is 60.8 Å². The lowest BCUT2D eigenvalue weighted by Gasteiger charge is -2.15. The summed E-state index contributed by atoms with van der Waals surface area (Å²) in [6.45, 7) is 4.33. The van der Waals surface area contributed by atoms with Crippen LogP contribution >= 0.6 is 15.9 Å². The van der Waals surface area contributed by atoms with Gasteiger partial charge in [0.05, 0.1) is 17.0 Å². The molecular weight excluding hydrogens is 345 g/mol. The van der Waals surface area contributed by atoms with Gasteiger partial charge in [0.15, 0.2) is 0 Å². The maximum absolute atomic E-state index is 12.6. The van der Waals surface area contributed by atoms with Crippen molar-refractivity contribution >= 4 is 21.6 Å². The zero-order chi connectivity index (χ0) is 16.1. The molecule has 0 spiro atoms. The van der Waals surface area contributed by atoms with Crippen LogP contribution in [0.5, 0.6) is 0 Å². The van der Waals surface area contributed by atoms with Crippen molar-refractivity contribution in [1.82, 2.24) is 0 Å². The van der Waals surface area contributed by atoms with Crippen LogP contribution in [0.15, 0.2) is 22.7 Å². The van der Waals surface area contributed by atoms with Crippen LogP contribution in [0.4, 0.5) is 18.9 Å². The van der Waals surface area contributed by atoms with Crippen LogP contribution in [-0.2, 0) is 6.18 Å². The largest absolute Gasteiger partial charge is 0.416 e. The predicted molar refractivity (Wildman–Crippen MR) is 80.9 cm³/mol. The lowest BCUT2D eigenvalue weighted by atomic mass is 9.89. The Balaban J connectivity index is 2.51. The number of hydrogen-bond acceptors (Lipinski definition) is 2. The SMILES string of the molecule is CC(C)(C#N)CCCCNc1cc(C(F)(F)F)ccc1Br. The molecule has 0 aliphatic rings. The van der Waals surface area contributed by atoms with Gasteiger partial charge in [-0.2, -0.15) is 18.4 Å². The first-order valence-electron chi connectivity index (χ1n) is 6.67. The fourth-order valence-electron chi connectivity index (χ4n) is 1.81. The summed E-state index contributed by atoms with van der Waals surface area (Å²) in [5, 5.41) is 11.9. The molecule has 0 aromatic heterocycles. The first kappa shape index (κ1) is 17.8. The molecule has 0 heterocycles. The van der Waals surface area contributed by atoms with E-state index < -0.39 is 11.7 Å². The third kappa shape index (κ3) is 5.96. The van der Waals surface area contributed by atoms with Gasteiger partial charge >= 0.3 is 6.18 Å². The van der Waals surface area contributed by atoms with E-state index in [4.69, 9.17) is 5.26 Å². The summed E-state index contributed by atoms with van der Waals surface area (Å²) < 4.78 is 38.5. The molecule has 1 rings (SSSR count). The number of alkyl halides is 3. The molecule has 0 amide bonds. The number of benzene rings is 1. The Kier molecular flexibility index (Phi) is 6.09. The molecule has 1 aromatic carbocycles. The van der Waals surface area contributed by atoms with Crippen molar-refractivity contribution in [2.75, 3.05) is 11.9 Å². The van der Waals surface area contributed by atoms with Gasteiger partial charge in [-0.15, -0.1) is 0 Å². The van der Waals surface area contributed by atoms with Crippen LogP contribution < -0.4 is 5.32 Å². The van der Waals surface area contributed by atoms with Gasteiger partial charge in [-0.3, -0.25) is 0 Å². The summed E-state index contributed by atoms with van der Waals surface area (Å²) in [5.74, 6) is 0. The Bertz CT molecular complexity index is 519. The fourth-order valence-corrected chi connectivity index (χ4v) is 2.19. The number of hydrogen-bond donors (Lipinski definition) is 1. The molecular formula is C15H18BrF3N2. The second-order valence-electron chi connectivity index (χ2n) is 5.57. The summed E-state index contributed by atoms with van der Waals surface area (Å²) in [7, 11) is 0. The minimum absolute atomic E-state index is 0.350. The third-order valence-corrected chi connectivity index (χ3v) is 3.83. The van der Waals surface area contributed by atoms with E-state index in [2.05, 4.69) is 27.3 Å². The molecule has 116 valence electrons. The average Bonchev–Trinajstić information content (AvgIpc) is 2.39. The van der Waals surface area contributed by atoms with Gasteiger partial charge in [0.1, 0.15) is 0 Å². The standard InChI is InChI=1S/C15H18BrF3N2/c1-14(2,10-20)7-3-4-8-21-13-9-11(15(17,18)19)5-6-12(13)16/h5-6,9,21H,3-4,7-8H2,1-2H3. The number of nitrogens with one attached hydrogen (secondary N) is 1. The van der Waals surface area contributed by atoms with Crippen LogP contribution in [0.2, 0.25) is 0 Å². The first-order chi connectivity index (χ1) is 9.65. The Morgan fingerprint density at radius 1 is 1.24 bits per heavy atom. The maximum atomic E-state index is 12.6. The van der Waals surface area contributed by atoms with Gasteiger partial charge in [-0.1, -0.05) is 6.42 Å². The molecule has 0 saturated heterocycles. The Labute approximate surface area is 131 Å². The topological polar surface area (TPSA) is 35.8 Å². The number of halogens is 4. The Hall–Kier alpha value is -1.22. The lowest BCUT2D eigenvalue weighted by Crippen LogP contribution is -2.10. The average molecular weight is 363 g/mol. The molecule has 1 N–H and O–H groups in total. The third-order valence-electron chi connectivity index (χ3n) is 3.14. The minimum Gasteiger partial charge on any atom is -0.384 e. The zero-order valence-electron chi connectivity index (χ0n) is 12.0. The molecule has 0 aliphatic heterocycles. The molecule has 0 aliphatic carbocycles. The maximum Gasteiger partial charge on any atom is 0.416 e. The van der Waals surface area contributed by atoms with Crippen LogP contribution in [0.25, 0.3) is 0 Å². The summed E-state index contributed by atoms with van der Waals surface area (Å²) in [6.07, 6.45) is -1.92. The molecule has 0 atom stereocenters. The van der Waals surface area contributed by atoms with Gasteiger partial charge in [-0.25, -0.2) is 0 Å². The normalized spacial score (nSPS) is 12.0. The van der Waals surface area contributed by atoms with E-state index in [1.165, 1.54) is 6.07 Å². The van der Waals surface area contributed by atoms with E-state index in [0.29, 0.717) is 16.7 Å². The van der Waals surface area contributed by atoms with Gasteiger partial charge in [0, 0.05) is 16.7 Å². The van der Waals surface area contributed by atoms with Crippen molar-refractivity contribution in [3.8, 4) is 6.07 Å². The highest BCUT2D eigenvalue weighted by Gasteiger charge is 2.30. The molecule has 0 fully saturated rings. The number of nitriles is 1. The Morgan fingerprint density at radius 2 is 1.90 bits per heavy atom. The fraction of sp³-hybridized carbons (Fsp3) is 0.533. The van der Waals surface area contributed by atoms with Gasteiger partial charge in [0.2, 0.25) is 0 Å². The number of anilines is 1. The van der Waals surface area contributed by atoms with Crippen LogP contribution in [-0.4, -0.2) is 6.54 Å². The summed E-state index contributed by atoms with van der Waals surface area (Å²) in [4.78, 5) is 0. The van der Waals surface area contributed by atoms with E-state index in [0.717, 1.165) is 31.4 Å². The second-order valence-corrected chi connectivity index (χ2v) is 6.43. The van der Waals surface area contributed by atoms with Crippen molar-refractivity contribution in [1.29, 1.82) is 5.26 Å². The molecule has 0 unspecified atom stereocenters. The van der Waals surface area contributed by atoms with E-state index in [1.807, 2.05) is 13.8 Å². The van der Waals surface area contributed by atoms with Crippen molar-refractivity contribution in [3.63, 3.8) is 0 Å². The predicted octanol–water partition coefficient (Wildman–Crippen LogP) is 5.60. The summed E-state index contributed by atoms with van der Waals surface area (Å²) in [5.41, 5.74) is -0.584. The monoisotopic (exact) mass is 362 g/mol. The molecule has 0 saturated carbocycles. The molecule has 21 heavy (non-hydrogen) atoms. The highest BCUT2D eigenvalue weighted by molar-refractivity contribution is 9.10. The molecule has 0 radical (unpaired) electrons. The second kappa shape index (κ2) is 7.17. The number of rotatable bonds is 6. The van der Waals surface area contributed by atoms with Crippen molar-refractivity contribution < 1.29 is 13.2 Å². The van der Waals surface area contributed by atoms with Gasteiger partial charge < -0.3 is 5.32 Å². The van der Waals surface area contributed by atoms with Crippen molar-refractivity contribution in [2.24, 2.45) is 5.41 Å². The lowest BCUT2D eigenvalue weighted by molar-refractivity contribution is -0.137. The smallest absolute Gasteiger partial charge is 0.384 e. The van der Waals surface area contributed by atoms with E-state index in [9.17, 15) is 13.2 Å². The summed E-state index contributed by atoms with van der Waals surface area (Å²) >= 11 is 3.24. The highest BCUT2D eigenvalue weighted by Crippen LogP contribution is 2.34. The molecule has 2 nitrogen and oxygen atoms in total. The molecule has 6 heteroatoms. The van der Waals surface area contributed by atoms with Gasteiger partial charge in [0.25, 0.3) is 0 Å². The van der Waals surface area contributed by atoms with Crippen LogP contribution in [0, 0.1) is 16.7 Å². The number of nitrogens with zero attached hydrogens (tertiary/aromatic N) is 1.